The lowest BCUT2D eigenvalue weighted by molar-refractivity contribution is -0.159. The number of fused-ring (bicyclic) bond motifs is 1. The number of amides is 1. The molecule has 5 rings (SSSR count). The van der Waals surface area contributed by atoms with Crippen LogP contribution in [0.15, 0.2) is 48.7 Å². The van der Waals surface area contributed by atoms with E-state index < -0.39 is 0 Å². The molecule has 0 saturated heterocycles. The number of aromatic hydroxyl groups is 1. The lowest BCUT2D eigenvalue weighted by Gasteiger charge is -2.56. The zero-order chi connectivity index (χ0) is 22.5. The number of rotatable bonds is 5. The molecule has 1 heterocycles. The molecule has 2 aliphatic carbocycles. The van der Waals surface area contributed by atoms with Gasteiger partial charge in [0.05, 0.1) is 24.1 Å². The van der Waals surface area contributed by atoms with Crippen LogP contribution in [0.3, 0.4) is 0 Å². The molecule has 32 heavy (non-hydrogen) atoms. The SMILES string of the molecule is COC(=O)C1CC2(CC(NC(=O)c3ccc(F)c4ccn(Cc5ccc(O)cc5)c34)C2)C1. The first-order valence-corrected chi connectivity index (χ1v) is 10.8. The number of hydrogen-bond donors (Lipinski definition) is 2. The van der Waals surface area contributed by atoms with Gasteiger partial charge in [-0.2, -0.15) is 0 Å². The fourth-order valence-corrected chi connectivity index (χ4v) is 5.41. The minimum absolute atomic E-state index is 0.0171. The molecule has 2 saturated carbocycles. The fourth-order valence-electron chi connectivity index (χ4n) is 5.41. The van der Waals surface area contributed by atoms with E-state index in [1.807, 2.05) is 4.57 Å². The highest BCUT2D eigenvalue weighted by atomic mass is 19.1. The largest absolute Gasteiger partial charge is 0.508 e. The average Bonchev–Trinajstić information content (AvgIpc) is 3.14. The standard InChI is InChI=1S/C25H25FN2O4/c1-32-24(31)16-10-25(11-16)12-17(13-25)27-23(30)20-6-7-21(26)19-8-9-28(22(19)20)14-15-2-4-18(29)5-3-15/h2-9,16-17,29H,10-14H2,1H3,(H,27,30). The van der Waals surface area contributed by atoms with Gasteiger partial charge >= 0.3 is 5.97 Å². The molecular weight excluding hydrogens is 411 g/mol. The second-order valence-corrected chi connectivity index (χ2v) is 9.17. The van der Waals surface area contributed by atoms with Crippen molar-refractivity contribution in [1.29, 1.82) is 0 Å². The third kappa shape index (κ3) is 3.51. The quantitative estimate of drug-likeness (QED) is 0.593. The first kappa shape index (κ1) is 20.5. The summed E-state index contributed by atoms with van der Waals surface area (Å²) in [5.41, 5.74) is 2.07. The summed E-state index contributed by atoms with van der Waals surface area (Å²) in [6, 6.07) is 11.4. The van der Waals surface area contributed by atoms with Gasteiger partial charge in [0.15, 0.2) is 0 Å². The molecule has 2 aliphatic rings. The topological polar surface area (TPSA) is 80.6 Å². The van der Waals surface area contributed by atoms with E-state index in [0.717, 1.165) is 31.2 Å². The van der Waals surface area contributed by atoms with Crippen molar-refractivity contribution in [3.05, 3.63) is 65.6 Å². The number of phenolic OH excluding ortho intramolecular Hbond substituents is 1. The van der Waals surface area contributed by atoms with E-state index in [9.17, 15) is 19.1 Å². The number of nitrogens with zero attached hydrogens (tertiary/aromatic N) is 1. The van der Waals surface area contributed by atoms with Crippen LogP contribution in [0.4, 0.5) is 4.39 Å². The molecule has 3 aromatic rings. The van der Waals surface area contributed by atoms with Crippen molar-refractivity contribution in [3.8, 4) is 5.75 Å². The molecule has 2 fully saturated rings. The number of phenols is 1. The van der Waals surface area contributed by atoms with Crippen LogP contribution in [-0.4, -0.2) is 34.7 Å². The van der Waals surface area contributed by atoms with E-state index in [-0.39, 0.29) is 40.8 Å². The summed E-state index contributed by atoms with van der Waals surface area (Å²) in [5, 5.41) is 13.0. The molecule has 1 aromatic heterocycles. The predicted octanol–water partition coefficient (Wildman–Crippen LogP) is 4.00. The van der Waals surface area contributed by atoms with Crippen molar-refractivity contribution in [3.63, 3.8) is 0 Å². The number of hydrogen-bond acceptors (Lipinski definition) is 4. The summed E-state index contributed by atoms with van der Waals surface area (Å²) in [4.78, 5) is 24.7. The van der Waals surface area contributed by atoms with Crippen LogP contribution in [0.1, 0.15) is 41.6 Å². The van der Waals surface area contributed by atoms with Gasteiger partial charge in [-0.3, -0.25) is 9.59 Å². The van der Waals surface area contributed by atoms with Gasteiger partial charge in [0.2, 0.25) is 0 Å². The van der Waals surface area contributed by atoms with Crippen molar-refractivity contribution in [2.45, 2.75) is 38.3 Å². The molecule has 0 radical (unpaired) electrons. The lowest BCUT2D eigenvalue weighted by Crippen LogP contribution is -2.57. The Morgan fingerprint density at radius 2 is 1.84 bits per heavy atom. The van der Waals surface area contributed by atoms with Gasteiger partial charge in [0.1, 0.15) is 11.6 Å². The fraction of sp³-hybridized carbons (Fsp3) is 0.360. The second-order valence-electron chi connectivity index (χ2n) is 9.17. The zero-order valence-electron chi connectivity index (χ0n) is 17.8. The maximum atomic E-state index is 14.4. The van der Waals surface area contributed by atoms with Gasteiger partial charge < -0.3 is 19.7 Å². The van der Waals surface area contributed by atoms with Crippen LogP contribution < -0.4 is 5.32 Å². The molecule has 2 N–H and O–H groups in total. The average molecular weight is 436 g/mol. The molecule has 0 atom stereocenters. The Hall–Kier alpha value is -3.35. The number of methoxy groups -OCH3 is 1. The van der Waals surface area contributed by atoms with Crippen molar-refractivity contribution in [2.75, 3.05) is 7.11 Å². The van der Waals surface area contributed by atoms with Crippen LogP contribution >= 0.6 is 0 Å². The number of aromatic nitrogens is 1. The predicted molar refractivity (Wildman–Crippen MR) is 117 cm³/mol. The molecule has 0 unspecified atom stereocenters. The molecule has 1 amide bonds. The summed E-state index contributed by atoms with van der Waals surface area (Å²) in [6.45, 7) is 0.453. The van der Waals surface area contributed by atoms with E-state index in [0.29, 0.717) is 23.0 Å². The minimum atomic E-state index is -0.369. The van der Waals surface area contributed by atoms with Crippen molar-refractivity contribution < 1.29 is 23.8 Å². The van der Waals surface area contributed by atoms with Gasteiger partial charge in [0, 0.05) is 24.2 Å². The molecule has 0 bridgehead atoms. The summed E-state index contributed by atoms with van der Waals surface area (Å²) in [7, 11) is 1.41. The van der Waals surface area contributed by atoms with Gasteiger partial charge in [-0.1, -0.05) is 12.1 Å². The van der Waals surface area contributed by atoms with Crippen LogP contribution in [0.5, 0.6) is 5.75 Å². The van der Waals surface area contributed by atoms with E-state index in [1.165, 1.54) is 19.2 Å². The number of benzene rings is 2. The highest BCUT2D eigenvalue weighted by Crippen LogP contribution is 2.59. The molecule has 6 nitrogen and oxygen atoms in total. The van der Waals surface area contributed by atoms with Crippen LogP contribution in [0.2, 0.25) is 0 Å². The summed E-state index contributed by atoms with van der Waals surface area (Å²) >= 11 is 0. The highest BCUT2D eigenvalue weighted by Gasteiger charge is 2.55. The Bertz CT molecular complexity index is 1190. The molecule has 166 valence electrons. The van der Waals surface area contributed by atoms with Gasteiger partial charge in [-0.15, -0.1) is 0 Å². The Labute approximate surface area is 185 Å². The Morgan fingerprint density at radius 1 is 1.12 bits per heavy atom. The second kappa shape index (κ2) is 7.65. The van der Waals surface area contributed by atoms with Crippen LogP contribution in [0.25, 0.3) is 10.9 Å². The smallest absolute Gasteiger partial charge is 0.308 e. The molecule has 1 spiro atoms. The maximum absolute atomic E-state index is 14.4. The number of ether oxygens (including phenoxy) is 1. The maximum Gasteiger partial charge on any atom is 0.308 e. The summed E-state index contributed by atoms with van der Waals surface area (Å²) < 4.78 is 21.1. The number of esters is 1. The molecular formula is C25H25FN2O4. The van der Waals surface area contributed by atoms with E-state index in [4.69, 9.17) is 4.74 Å². The van der Waals surface area contributed by atoms with E-state index in [2.05, 4.69) is 5.32 Å². The van der Waals surface area contributed by atoms with Crippen molar-refractivity contribution in [1.82, 2.24) is 9.88 Å². The Morgan fingerprint density at radius 3 is 2.53 bits per heavy atom. The third-order valence-corrected chi connectivity index (χ3v) is 6.99. The first-order chi connectivity index (χ1) is 15.4. The van der Waals surface area contributed by atoms with Crippen molar-refractivity contribution >= 4 is 22.8 Å². The minimum Gasteiger partial charge on any atom is -0.508 e. The zero-order valence-corrected chi connectivity index (χ0v) is 17.8. The molecule has 7 heteroatoms. The number of carbonyl (C=O) groups is 2. The van der Waals surface area contributed by atoms with E-state index in [1.54, 1.807) is 36.5 Å². The summed E-state index contributed by atoms with van der Waals surface area (Å²) in [5.74, 6) is -0.570. The van der Waals surface area contributed by atoms with E-state index >= 15 is 0 Å². The lowest BCUT2D eigenvalue weighted by atomic mass is 9.50. The van der Waals surface area contributed by atoms with Crippen LogP contribution in [0, 0.1) is 17.2 Å². The third-order valence-electron chi connectivity index (χ3n) is 6.99. The Kier molecular flexibility index (Phi) is 4.92. The normalized spacial score (nSPS) is 24.1. The monoisotopic (exact) mass is 436 g/mol. The number of nitrogens with one attached hydrogen (secondary N) is 1. The van der Waals surface area contributed by atoms with Crippen molar-refractivity contribution in [2.24, 2.45) is 11.3 Å². The first-order valence-electron chi connectivity index (χ1n) is 10.8. The Balaban J connectivity index is 1.31. The highest BCUT2D eigenvalue weighted by molar-refractivity contribution is 6.06. The molecule has 2 aromatic carbocycles. The van der Waals surface area contributed by atoms with Gasteiger partial charge in [-0.25, -0.2) is 4.39 Å². The molecule has 0 aliphatic heterocycles. The number of carbonyl (C=O) groups excluding carboxylic acids is 2. The van der Waals surface area contributed by atoms with Crippen LogP contribution in [-0.2, 0) is 16.1 Å². The van der Waals surface area contributed by atoms with Gasteiger partial charge in [0.25, 0.3) is 5.91 Å². The summed E-state index contributed by atoms with van der Waals surface area (Å²) in [6.07, 6.45) is 5.12. The van der Waals surface area contributed by atoms with Gasteiger partial charge in [-0.05, 0) is 67.0 Å². The number of halogens is 1.